The molecule has 2 aliphatic rings. The van der Waals surface area contributed by atoms with E-state index in [1.54, 1.807) is 36.0 Å². The molecule has 0 radical (unpaired) electrons. The topological polar surface area (TPSA) is 79.0 Å². The van der Waals surface area contributed by atoms with Crippen LogP contribution in [0.4, 0.5) is 11.4 Å². The normalized spacial score (nSPS) is 20.0. The van der Waals surface area contributed by atoms with Crippen molar-refractivity contribution in [3.8, 4) is 0 Å². The van der Waals surface area contributed by atoms with Crippen LogP contribution in [-0.2, 0) is 19.6 Å². The molecule has 1 atom stereocenters. The highest BCUT2D eigenvalue weighted by Crippen LogP contribution is 2.37. The van der Waals surface area contributed by atoms with Crippen LogP contribution in [0.5, 0.6) is 0 Å². The fourth-order valence-electron chi connectivity index (χ4n) is 3.72. The van der Waals surface area contributed by atoms with E-state index in [-0.39, 0.29) is 17.3 Å². The smallest absolute Gasteiger partial charge is 0.246 e. The van der Waals surface area contributed by atoms with E-state index in [4.69, 9.17) is 4.74 Å². The van der Waals surface area contributed by atoms with Crippen molar-refractivity contribution < 1.29 is 17.9 Å². The number of amides is 1. The molecule has 2 heterocycles. The molecule has 0 aromatic heterocycles. The van der Waals surface area contributed by atoms with Crippen LogP contribution in [0.1, 0.15) is 13.3 Å². The Bertz CT molecular complexity index is 1040. The second-order valence-electron chi connectivity index (χ2n) is 7.63. The molecule has 166 valence electrons. The third kappa shape index (κ3) is 5.06. The third-order valence-corrected chi connectivity index (χ3v) is 8.56. The molecule has 0 spiro atoms. The van der Waals surface area contributed by atoms with E-state index in [0.717, 1.165) is 17.0 Å². The zero-order chi connectivity index (χ0) is 21.8. The Kier molecular flexibility index (Phi) is 6.86. The molecule has 4 rings (SSSR count). The average molecular weight is 462 g/mol. The molecular weight excluding hydrogens is 434 g/mol. The first-order chi connectivity index (χ1) is 14.9. The highest BCUT2D eigenvalue weighted by Gasteiger charge is 2.27. The lowest BCUT2D eigenvalue weighted by Gasteiger charge is -2.26. The summed E-state index contributed by atoms with van der Waals surface area (Å²) in [6, 6.07) is 14.6. The van der Waals surface area contributed by atoms with Gasteiger partial charge < -0.3 is 15.0 Å². The minimum atomic E-state index is -3.58. The van der Waals surface area contributed by atoms with Crippen LogP contribution in [0, 0.1) is 0 Å². The number of benzene rings is 2. The number of sulfonamides is 1. The molecule has 1 unspecified atom stereocenters. The molecule has 0 saturated carbocycles. The van der Waals surface area contributed by atoms with Gasteiger partial charge in [0.2, 0.25) is 15.9 Å². The number of morpholine rings is 1. The predicted octanol–water partition coefficient (Wildman–Crippen LogP) is 3.04. The van der Waals surface area contributed by atoms with Gasteiger partial charge in [-0.25, -0.2) is 8.42 Å². The summed E-state index contributed by atoms with van der Waals surface area (Å²) in [6.45, 7) is 4.44. The number of anilines is 2. The zero-order valence-corrected chi connectivity index (χ0v) is 19.1. The van der Waals surface area contributed by atoms with Crippen molar-refractivity contribution in [1.82, 2.24) is 4.31 Å². The summed E-state index contributed by atoms with van der Waals surface area (Å²) in [5.41, 5.74) is 1.54. The Hall–Kier alpha value is -2.07. The number of hydrogen-bond acceptors (Lipinski definition) is 6. The third-order valence-electron chi connectivity index (χ3n) is 5.43. The molecule has 7 nitrogen and oxygen atoms in total. The van der Waals surface area contributed by atoms with Gasteiger partial charge in [-0.05, 0) is 36.8 Å². The SMILES string of the molecule is CC1CCN(C(=O)CNc2cccc(S(=O)(=O)N3CCOCC3)c2)c2ccccc2S1. The average Bonchev–Trinajstić information content (AvgIpc) is 2.96. The fraction of sp³-hybridized carbons (Fsp3) is 0.409. The summed E-state index contributed by atoms with van der Waals surface area (Å²) in [4.78, 5) is 16.2. The second kappa shape index (κ2) is 9.60. The van der Waals surface area contributed by atoms with Crippen molar-refractivity contribution in [2.24, 2.45) is 0 Å². The van der Waals surface area contributed by atoms with E-state index in [2.05, 4.69) is 18.3 Å². The second-order valence-corrected chi connectivity index (χ2v) is 11.0. The van der Waals surface area contributed by atoms with Crippen LogP contribution in [-0.4, -0.2) is 63.3 Å². The van der Waals surface area contributed by atoms with Crippen molar-refractivity contribution in [3.63, 3.8) is 0 Å². The first-order valence-corrected chi connectivity index (χ1v) is 12.7. The lowest BCUT2D eigenvalue weighted by molar-refractivity contribution is -0.117. The van der Waals surface area contributed by atoms with Crippen LogP contribution >= 0.6 is 11.8 Å². The van der Waals surface area contributed by atoms with Crippen molar-refractivity contribution in [2.75, 3.05) is 49.6 Å². The quantitative estimate of drug-likeness (QED) is 0.737. The standard InChI is InChI=1S/C22H27N3O4S2/c1-17-9-10-25(20-7-2-3-8-21(20)30-17)22(26)16-23-18-5-4-6-19(15-18)31(27,28)24-11-13-29-14-12-24/h2-8,15,17,23H,9-14,16H2,1H3. The predicted molar refractivity (Wildman–Crippen MR) is 123 cm³/mol. The molecule has 31 heavy (non-hydrogen) atoms. The molecule has 0 bridgehead atoms. The van der Waals surface area contributed by atoms with E-state index in [1.807, 2.05) is 23.1 Å². The van der Waals surface area contributed by atoms with Crippen LogP contribution < -0.4 is 10.2 Å². The van der Waals surface area contributed by atoms with Gasteiger partial charge >= 0.3 is 0 Å². The molecular formula is C22H27N3O4S2. The number of nitrogens with zero attached hydrogens (tertiary/aromatic N) is 2. The van der Waals surface area contributed by atoms with Gasteiger partial charge in [0.25, 0.3) is 0 Å². The number of carbonyl (C=O) groups is 1. The van der Waals surface area contributed by atoms with Gasteiger partial charge in [-0.3, -0.25) is 4.79 Å². The number of rotatable bonds is 5. The van der Waals surface area contributed by atoms with Crippen molar-refractivity contribution in [3.05, 3.63) is 48.5 Å². The Morgan fingerprint density at radius 1 is 1.13 bits per heavy atom. The first kappa shape index (κ1) is 22.1. The van der Waals surface area contributed by atoms with E-state index in [0.29, 0.717) is 43.8 Å². The molecule has 1 amide bonds. The minimum Gasteiger partial charge on any atom is -0.379 e. The van der Waals surface area contributed by atoms with Crippen LogP contribution in [0.15, 0.2) is 58.3 Å². The maximum absolute atomic E-state index is 13.0. The molecule has 0 aliphatic carbocycles. The van der Waals surface area contributed by atoms with E-state index in [9.17, 15) is 13.2 Å². The number of hydrogen-bond donors (Lipinski definition) is 1. The van der Waals surface area contributed by atoms with Crippen molar-refractivity contribution in [1.29, 1.82) is 0 Å². The van der Waals surface area contributed by atoms with Gasteiger partial charge in [0.15, 0.2) is 0 Å². The molecule has 1 N–H and O–H groups in total. The maximum atomic E-state index is 13.0. The molecule has 1 fully saturated rings. The number of fused-ring (bicyclic) bond motifs is 1. The fourth-order valence-corrected chi connectivity index (χ4v) is 6.29. The Labute approximate surface area is 187 Å². The van der Waals surface area contributed by atoms with E-state index in [1.165, 1.54) is 4.31 Å². The molecule has 2 aromatic carbocycles. The maximum Gasteiger partial charge on any atom is 0.246 e. The summed E-state index contributed by atoms with van der Waals surface area (Å²) in [6.07, 6.45) is 0.915. The number of carbonyl (C=O) groups excluding carboxylic acids is 1. The highest BCUT2D eigenvalue weighted by molar-refractivity contribution is 8.00. The van der Waals surface area contributed by atoms with Gasteiger partial charge in [-0.1, -0.05) is 25.1 Å². The highest BCUT2D eigenvalue weighted by atomic mass is 32.2. The van der Waals surface area contributed by atoms with Crippen LogP contribution in [0.25, 0.3) is 0 Å². The van der Waals surface area contributed by atoms with Gasteiger partial charge in [0, 0.05) is 35.5 Å². The Morgan fingerprint density at radius 3 is 2.71 bits per heavy atom. The molecule has 1 saturated heterocycles. The number of ether oxygens (including phenoxy) is 1. The molecule has 9 heteroatoms. The van der Waals surface area contributed by atoms with Gasteiger partial charge in [-0.2, -0.15) is 4.31 Å². The van der Waals surface area contributed by atoms with Gasteiger partial charge in [0.05, 0.1) is 30.3 Å². The summed E-state index contributed by atoms with van der Waals surface area (Å²) in [7, 11) is -3.58. The van der Waals surface area contributed by atoms with Crippen LogP contribution in [0.3, 0.4) is 0 Å². The number of nitrogens with one attached hydrogen (secondary N) is 1. The Balaban J connectivity index is 1.46. The minimum absolute atomic E-state index is 0.0383. The van der Waals surface area contributed by atoms with Crippen molar-refractivity contribution in [2.45, 2.75) is 28.4 Å². The number of thioether (sulfide) groups is 1. The summed E-state index contributed by atoms with van der Waals surface area (Å²) in [5, 5.41) is 3.55. The molecule has 2 aromatic rings. The molecule has 2 aliphatic heterocycles. The van der Waals surface area contributed by atoms with Crippen LogP contribution in [0.2, 0.25) is 0 Å². The van der Waals surface area contributed by atoms with Gasteiger partial charge in [0.1, 0.15) is 0 Å². The lowest BCUT2D eigenvalue weighted by atomic mass is 10.2. The Morgan fingerprint density at radius 2 is 1.90 bits per heavy atom. The summed E-state index contributed by atoms with van der Waals surface area (Å²) in [5.74, 6) is -0.0383. The van der Waals surface area contributed by atoms with Gasteiger partial charge in [-0.15, -0.1) is 11.8 Å². The number of para-hydroxylation sites is 1. The van der Waals surface area contributed by atoms with E-state index < -0.39 is 10.0 Å². The summed E-state index contributed by atoms with van der Waals surface area (Å²) < 4.78 is 32.5. The van der Waals surface area contributed by atoms with E-state index >= 15 is 0 Å². The summed E-state index contributed by atoms with van der Waals surface area (Å²) >= 11 is 1.79. The zero-order valence-electron chi connectivity index (χ0n) is 17.5. The monoisotopic (exact) mass is 461 g/mol. The lowest BCUT2D eigenvalue weighted by Crippen LogP contribution is -2.40. The largest absolute Gasteiger partial charge is 0.379 e. The van der Waals surface area contributed by atoms with Crippen molar-refractivity contribution >= 4 is 39.1 Å². The first-order valence-electron chi connectivity index (χ1n) is 10.4.